The number of carbonyl (C=O) groups excluding carboxylic acids is 1. The van der Waals surface area contributed by atoms with E-state index in [-0.39, 0.29) is 5.91 Å². The molecule has 0 bridgehead atoms. The van der Waals surface area contributed by atoms with Gasteiger partial charge in [0.25, 0.3) is 0 Å². The molecule has 4 rings (SSSR count). The van der Waals surface area contributed by atoms with Crippen molar-refractivity contribution < 1.29 is 4.79 Å². The molecule has 1 aliphatic heterocycles. The Labute approximate surface area is 169 Å². The van der Waals surface area contributed by atoms with Gasteiger partial charge in [-0.15, -0.1) is 11.3 Å². The van der Waals surface area contributed by atoms with E-state index < -0.39 is 0 Å². The second-order valence-electron chi connectivity index (χ2n) is 7.09. The molecule has 0 atom stereocenters. The minimum atomic E-state index is 0.224. The van der Waals surface area contributed by atoms with Crippen molar-refractivity contribution in [2.24, 2.45) is 0 Å². The molecule has 3 aromatic rings. The van der Waals surface area contributed by atoms with Crippen molar-refractivity contribution in [3.05, 3.63) is 65.4 Å². The number of carbonyl (C=O) groups is 1. The predicted molar refractivity (Wildman–Crippen MR) is 114 cm³/mol. The Morgan fingerprint density at radius 3 is 2.64 bits per heavy atom. The molecule has 0 aliphatic carbocycles. The van der Waals surface area contributed by atoms with Crippen LogP contribution in [0.3, 0.4) is 0 Å². The number of hydrogen-bond acceptors (Lipinski definition) is 5. The van der Waals surface area contributed by atoms with Gasteiger partial charge < -0.3 is 9.80 Å². The molecule has 5 nitrogen and oxygen atoms in total. The lowest BCUT2D eigenvalue weighted by molar-refractivity contribution is -0.131. The Morgan fingerprint density at radius 2 is 1.89 bits per heavy atom. The molecule has 6 heteroatoms. The first-order valence-corrected chi connectivity index (χ1v) is 10.5. The fourth-order valence-corrected chi connectivity index (χ4v) is 4.34. The van der Waals surface area contributed by atoms with Crippen molar-refractivity contribution in [1.29, 1.82) is 0 Å². The fraction of sp³-hybridized carbons (Fsp3) is 0.318. The molecule has 1 fully saturated rings. The molecule has 144 valence electrons. The summed E-state index contributed by atoms with van der Waals surface area (Å²) in [5, 5.41) is 3.04. The minimum Gasteiger partial charge on any atom is -0.368 e. The maximum Gasteiger partial charge on any atom is 0.223 e. The monoisotopic (exact) mass is 392 g/mol. The van der Waals surface area contributed by atoms with Gasteiger partial charge in [-0.1, -0.05) is 12.1 Å². The molecule has 1 aromatic carbocycles. The van der Waals surface area contributed by atoms with Crippen LogP contribution < -0.4 is 4.90 Å². The highest BCUT2D eigenvalue weighted by molar-refractivity contribution is 7.13. The van der Waals surface area contributed by atoms with Crippen molar-refractivity contribution in [1.82, 2.24) is 14.9 Å². The molecule has 2 aromatic heterocycles. The number of hydrogen-bond donors (Lipinski definition) is 0. The van der Waals surface area contributed by atoms with E-state index in [0.717, 1.165) is 42.4 Å². The van der Waals surface area contributed by atoms with Crippen LogP contribution in [0.5, 0.6) is 0 Å². The van der Waals surface area contributed by atoms with Gasteiger partial charge in [0.15, 0.2) is 0 Å². The maximum atomic E-state index is 12.6. The Bertz CT molecular complexity index is 932. The zero-order valence-electron chi connectivity index (χ0n) is 16.0. The predicted octanol–water partition coefficient (Wildman–Crippen LogP) is 3.79. The Balaban J connectivity index is 1.28. The average molecular weight is 393 g/mol. The van der Waals surface area contributed by atoms with Crippen LogP contribution in [0.2, 0.25) is 0 Å². The third-order valence-corrected chi connectivity index (χ3v) is 6.01. The number of piperazine rings is 1. The summed E-state index contributed by atoms with van der Waals surface area (Å²) >= 11 is 1.62. The van der Waals surface area contributed by atoms with E-state index in [4.69, 9.17) is 0 Å². The third-order valence-electron chi connectivity index (χ3n) is 5.07. The van der Waals surface area contributed by atoms with E-state index >= 15 is 0 Å². The van der Waals surface area contributed by atoms with Gasteiger partial charge in [0.05, 0.1) is 5.69 Å². The molecule has 0 N–H and O–H groups in total. The third kappa shape index (κ3) is 4.39. The molecule has 1 amide bonds. The van der Waals surface area contributed by atoms with Crippen LogP contribution in [-0.2, 0) is 11.2 Å². The van der Waals surface area contributed by atoms with Gasteiger partial charge in [-0.2, -0.15) is 0 Å². The lowest BCUT2D eigenvalue weighted by Gasteiger charge is -2.36. The normalized spacial score (nSPS) is 14.3. The highest BCUT2D eigenvalue weighted by Gasteiger charge is 2.21. The number of pyridine rings is 1. The van der Waals surface area contributed by atoms with Crippen LogP contribution in [0.15, 0.2) is 54.2 Å². The second kappa shape index (κ2) is 8.52. The van der Waals surface area contributed by atoms with Gasteiger partial charge in [0.2, 0.25) is 5.91 Å². The van der Waals surface area contributed by atoms with E-state index in [9.17, 15) is 4.79 Å². The average Bonchev–Trinajstić information content (AvgIpc) is 3.22. The standard InChI is InChI=1S/C22H24N4OS/c1-17-3-2-4-20(15-17)25-11-13-26(14-12-25)21(27)6-5-19-16-28-22(24-19)18-7-9-23-10-8-18/h2-4,7-10,15-16H,5-6,11-14H2,1H3. The van der Waals surface area contributed by atoms with E-state index in [2.05, 4.69) is 51.4 Å². The molecule has 3 heterocycles. The van der Waals surface area contributed by atoms with Gasteiger partial charge in [0, 0.05) is 61.6 Å². The fourth-order valence-electron chi connectivity index (χ4n) is 3.48. The van der Waals surface area contributed by atoms with E-state index in [1.54, 1.807) is 23.7 Å². The number of anilines is 1. The van der Waals surface area contributed by atoms with Crippen LogP contribution in [0, 0.1) is 6.92 Å². The van der Waals surface area contributed by atoms with Crippen molar-refractivity contribution in [2.45, 2.75) is 19.8 Å². The molecule has 0 saturated carbocycles. The smallest absolute Gasteiger partial charge is 0.223 e. The number of thiazole rings is 1. The zero-order chi connectivity index (χ0) is 19.3. The summed E-state index contributed by atoms with van der Waals surface area (Å²) < 4.78 is 0. The molecular weight excluding hydrogens is 368 g/mol. The molecule has 28 heavy (non-hydrogen) atoms. The Morgan fingerprint density at radius 1 is 1.11 bits per heavy atom. The second-order valence-corrected chi connectivity index (χ2v) is 7.94. The highest BCUT2D eigenvalue weighted by Crippen LogP contribution is 2.24. The number of rotatable bonds is 5. The number of aryl methyl sites for hydroxylation is 2. The summed E-state index contributed by atoms with van der Waals surface area (Å²) in [5.41, 5.74) is 4.58. The maximum absolute atomic E-state index is 12.6. The van der Waals surface area contributed by atoms with Crippen LogP contribution in [0.25, 0.3) is 10.6 Å². The molecule has 1 saturated heterocycles. The van der Waals surface area contributed by atoms with Gasteiger partial charge in [-0.3, -0.25) is 9.78 Å². The van der Waals surface area contributed by atoms with Gasteiger partial charge in [0.1, 0.15) is 5.01 Å². The van der Waals surface area contributed by atoms with Crippen molar-refractivity contribution in [2.75, 3.05) is 31.1 Å². The molecule has 0 unspecified atom stereocenters. The summed E-state index contributed by atoms with van der Waals surface area (Å²) in [7, 11) is 0. The number of aromatic nitrogens is 2. The zero-order valence-corrected chi connectivity index (χ0v) is 16.9. The van der Waals surface area contributed by atoms with Crippen LogP contribution >= 0.6 is 11.3 Å². The number of benzene rings is 1. The lowest BCUT2D eigenvalue weighted by Crippen LogP contribution is -2.48. The first kappa shape index (κ1) is 18.6. The van der Waals surface area contributed by atoms with Crippen LogP contribution in [0.1, 0.15) is 17.7 Å². The van der Waals surface area contributed by atoms with E-state index in [0.29, 0.717) is 12.8 Å². The first-order chi connectivity index (χ1) is 13.7. The summed E-state index contributed by atoms with van der Waals surface area (Å²) in [5.74, 6) is 0.224. The molecule has 0 radical (unpaired) electrons. The van der Waals surface area contributed by atoms with Gasteiger partial charge in [-0.05, 0) is 43.2 Å². The van der Waals surface area contributed by atoms with Crippen LogP contribution in [0.4, 0.5) is 5.69 Å². The highest BCUT2D eigenvalue weighted by atomic mass is 32.1. The SMILES string of the molecule is Cc1cccc(N2CCN(C(=O)CCc3csc(-c4ccncc4)n3)CC2)c1. The largest absolute Gasteiger partial charge is 0.368 e. The topological polar surface area (TPSA) is 49.3 Å². The Hall–Kier alpha value is -2.73. The van der Waals surface area contributed by atoms with Gasteiger partial charge in [-0.25, -0.2) is 4.98 Å². The lowest BCUT2D eigenvalue weighted by atomic mass is 10.1. The Kier molecular flexibility index (Phi) is 5.67. The van der Waals surface area contributed by atoms with E-state index in [1.165, 1.54) is 11.3 Å². The first-order valence-electron chi connectivity index (χ1n) is 9.63. The van der Waals surface area contributed by atoms with E-state index in [1.807, 2.05) is 17.0 Å². The summed E-state index contributed by atoms with van der Waals surface area (Å²) in [4.78, 5) is 25.7. The number of amides is 1. The van der Waals surface area contributed by atoms with Crippen molar-refractivity contribution in [3.8, 4) is 10.6 Å². The summed E-state index contributed by atoms with van der Waals surface area (Å²) in [6, 6.07) is 12.5. The quantitative estimate of drug-likeness (QED) is 0.663. The molecule has 1 aliphatic rings. The summed E-state index contributed by atoms with van der Waals surface area (Å²) in [6.45, 7) is 5.45. The van der Waals surface area contributed by atoms with Crippen molar-refractivity contribution in [3.63, 3.8) is 0 Å². The molecular formula is C22H24N4OS. The summed E-state index contributed by atoms with van der Waals surface area (Å²) in [6.07, 6.45) is 4.76. The van der Waals surface area contributed by atoms with Crippen LogP contribution in [-0.4, -0.2) is 47.0 Å². The minimum absolute atomic E-state index is 0.224. The molecule has 0 spiro atoms. The van der Waals surface area contributed by atoms with Gasteiger partial charge >= 0.3 is 0 Å². The van der Waals surface area contributed by atoms with Crippen molar-refractivity contribution >= 4 is 22.9 Å². The number of nitrogens with zero attached hydrogens (tertiary/aromatic N) is 4.